The Balaban J connectivity index is 2.67. The van der Waals surface area contributed by atoms with Crippen molar-refractivity contribution in [2.24, 2.45) is 11.8 Å². The molecule has 3 unspecified atom stereocenters. The molecule has 0 aromatic heterocycles. The van der Waals surface area contributed by atoms with Gasteiger partial charge in [-0.25, -0.2) is 0 Å². The van der Waals surface area contributed by atoms with E-state index in [1.807, 2.05) is 13.0 Å². The molecule has 1 aliphatic carbocycles. The molecule has 1 N–H and O–H groups in total. The maximum atomic E-state index is 12.1. The molecule has 1 fully saturated rings. The van der Waals surface area contributed by atoms with Crippen molar-refractivity contribution in [3.63, 3.8) is 0 Å². The maximum absolute atomic E-state index is 12.1. The average molecular weight is 234 g/mol. The van der Waals surface area contributed by atoms with Gasteiger partial charge in [0.05, 0.1) is 12.6 Å². The van der Waals surface area contributed by atoms with E-state index in [9.17, 15) is 13.2 Å². The lowest BCUT2D eigenvalue weighted by Crippen LogP contribution is -2.54. The highest BCUT2D eigenvalue weighted by Crippen LogP contribution is 2.36. The fourth-order valence-electron chi connectivity index (χ4n) is 2.37. The zero-order chi connectivity index (χ0) is 12.4. The van der Waals surface area contributed by atoms with E-state index in [4.69, 9.17) is 5.26 Å². The van der Waals surface area contributed by atoms with E-state index in [-0.39, 0.29) is 5.92 Å². The number of nitrogens with zero attached hydrogens (tertiary/aromatic N) is 1. The molecule has 0 aliphatic heterocycles. The highest BCUT2D eigenvalue weighted by Gasteiger charge is 2.42. The Bertz CT molecular complexity index is 282. The van der Waals surface area contributed by atoms with Gasteiger partial charge in [-0.1, -0.05) is 13.8 Å². The van der Waals surface area contributed by atoms with Crippen LogP contribution in [0.2, 0.25) is 0 Å². The van der Waals surface area contributed by atoms with Gasteiger partial charge >= 0.3 is 6.18 Å². The van der Waals surface area contributed by atoms with Crippen LogP contribution in [0.25, 0.3) is 0 Å². The van der Waals surface area contributed by atoms with Crippen LogP contribution in [-0.4, -0.2) is 18.3 Å². The highest BCUT2D eigenvalue weighted by molar-refractivity contribution is 5.12. The lowest BCUT2D eigenvalue weighted by Gasteiger charge is -2.40. The number of rotatable bonds is 2. The summed E-state index contributed by atoms with van der Waals surface area (Å²) in [7, 11) is 0. The first-order valence-corrected chi connectivity index (χ1v) is 5.52. The van der Waals surface area contributed by atoms with Gasteiger partial charge in [0.1, 0.15) is 5.54 Å². The van der Waals surface area contributed by atoms with Crippen molar-refractivity contribution in [2.75, 3.05) is 6.54 Å². The summed E-state index contributed by atoms with van der Waals surface area (Å²) in [6.45, 7) is 2.84. The molecule has 1 rings (SSSR count). The van der Waals surface area contributed by atoms with Crippen molar-refractivity contribution in [1.82, 2.24) is 5.32 Å². The van der Waals surface area contributed by atoms with Crippen molar-refractivity contribution < 1.29 is 13.2 Å². The third-order valence-corrected chi connectivity index (χ3v) is 3.43. The van der Waals surface area contributed by atoms with Gasteiger partial charge in [0.25, 0.3) is 0 Å². The maximum Gasteiger partial charge on any atom is 0.401 e. The third kappa shape index (κ3) is 3.11. The van der Waals surface area contributed by atoms with Crippen LogP contribution in [0.4, 0.5) is 13.2 Å². The summed E-state index contributed by atoms with van der Waals surface area (Å²) in [6, 6.07) is 2.05. The van der Waals surface area contributed by atoms with Crippen molar-refractivity contribution in [1.29, 1.82) is 5.26 Å². The van der Waals surface area contributed by atoms with E-state index in [0.717, 1.165) is 12.8 Å². The smallest absolute Gasteiger partial charge is 0.291 e. The zero-order valence-corrected chi connectivity index (χ0v) is 9.56. The van der Waals surface area contributed by atoms with Gasteiger partial charge in [-0.2, -0.15) is 18.4 Å². The van der Waals surface area contributed by atoms with Crippen LogP contribution >= 0.6 is 0 Å². The Hall–Kier alpha value is -0.760. The van der Waals surface area contributed by atoms with E-state index in [1.165, 1.54) is 0 Å². The predicted molar refractivity (Wildman–Crippen MR) is 54.6 cm³/mol. The van der Waals surface area contributed by atoms with Crippen LogP contribution in [-0.2, 0) is 0 Å². The van der Waals surface area contributed by atoms with Gasteiger partial charge in [0, 0.05) is 0 Å². The minimum absolute atomic E-state index is 0.0383. The van der Waals surface area contributed by atoms with Crippen LogP contribution in [0.1, 0.15) is 33.1 Å². The van der Waals surface area contributed by atoms with Crippen molar-refractivity contribution in [2.45, 2.75) is 44.8 Å². The summed E-state index contributed by atoms with van der Waals surface area (Å²) in [4.78, 5) is 0. The Morgan fingerprint density at radius 1 is 1.44 bits per heavy atom. The van der Waals surface area contributed by atoms with Crippen LogP contribution in [0.3, 0.4) is 0 Å². The molecule has 0 aromatic carbocycles. The minimum atomic E-state index is -4.26. The molecule has 0 heterocycles. The largest absolute Gasteiger partial charge is 0.401 e. The standard InChI is InChI=1S/C11H17F3N2/c1-8-3-4-10(6-15,9(2)5-8)16-7-11(12,13)14/h8-9,16H,3-5,7H2,1-2H3. The Morgan fingerprint density at radius 2 is 2.06 bits per heavy atom. The molecule has 0 aromatic rings. The molecular formula is C11H17F3N2. The van der Waals surface area contributed by atoms with Crippen molar-refractivity contribution in [3.05, 3.63) is 0 Å². The number of nitrogens with one attached hydrogen (secondary N) is 1. The van der Waals surface area contributed by atoms with Crippen molar-refractivity contribution in [3.8, 4) is 6.07 Å². The van der Waals surface area contributed by atoms with Crippen LogP contribution in [0, 0.1) is 23.2 Å². The second-order valence-corrected chi connectivity index (χ2v) is 4.83. The average Bonchev–Trinajstić information content (AvgIpc) is 2.16. The number of halogens is 3. The second kappa shape index (κ2) is 4.62. The van der Waals surface area contributed by atoms with E-state index in [0.29, 0.717) is 12.3 Å². The number of hydrogen-bond donors (Lipinski definition) is 1. The molecular weight excluding hydrogens is 217 g/mol. The lowest BCUT2D eigenvalue weighted by atomic mass is 9.70. The number of hydrogen-bond acceptors (Lipinski definition) is 2. The number of alkyl halides is 3. The summed E-state index contributed by atoms with van der Waals surface area (Å²) in [6.07, 6.45) is -2.14. The van der Waals surface area contributed by atoms with Gasteiger partial charge in [-0.3, -0.25) is 5.32 Å². The van der Waals surface area contributed by atoms with Crippen molar-refractivity contribution >= 4 is 0 Å². The molecule has 0 radical (unpaired) electrons. The van der Waals surface area contributed by atoms with E-state index < -0.39 is 18.3 Å². The minimum Gasteiger partial charge on any atom is -0.291 e. The molecule has 0 saturated heterocycles. The van der Waals surface area contributed by atoms with Crippen LogP contribution < -0.4 is 5.32 Å². The monoisotopic (exact) mass is 234 g/mol. The quantitative estimate of drug-likeness (QED) is 0.797. The second-order valence-electron chi connectivity index (χ2n) is 4.83. The molecule has 16 heavy (non-hydrogen) atoms. The van der Waals surface area contributed by atoms with Gasteiger partial charge in [-0.15, -0.1) is 0 Å². The Morgan fingerprint density at radius 3 is 2.50 bits per heavy atom. The molecule has 2 nitrogen and oxygen atoms in total. The summed E-state index contributed by atoms with van der Waals surface area (Å²) < 4.78 is 36.4. The van der Waals surface area contributed by atoms with Gasteiger partial charge in [0.15, 0.2) is 0 Å². The van der Waals surface area contributed by atoms with Crippen LogP contribution in [0.15, 0.2) is 0 Å². The number of nitriles is 1. The van der Waals surface area contributed by atoms with E-state index >= 15 is 0 Å². The predicted octanol–water partition coefficient (Wildman–Crippen LogP) is 2.86. The SMILES string of the molecule is CC1CCC(C#N)(NCC(F)(F)F)C(C)C1. The molecule has 92 valence electrons. The Kier molecular flexibility index (Phi) is 3.84. The van der Waals surface area contributed by atoms with E-state index in [2.05, 4.69) is 12.2 Å². The third-order valence-electron chi connectivity index (χ3n) is 3.43. The Labute approximate surface area is 93.8 Å². The summed E-state index contributed by atoms with van der Waals surface area (Å²) >= 11 is 0. The topological polar surface area (TPSA) is 35.8 Å². The molecule has 1 aliphatic rings. The van der Waals surface area contributed by atoms with Gasteiger partial charge in [0.2, 0.25) is 0 Å². The van der Waals surface area contributed by atoms with Gasteiger partial charge < -0.3 is 0 Å². The normalized spacial score (nSPS) is 35.8. The molecule has 0 amide bonds. The van der Waals surface area contributed by atoms with Gasteiger partial charge in [-0.05, 0) is 31.1 Å². The van der Waals surface area contributed by atoms with E-state index in [1.54, 1.807) is 0 Å². The molecule has 5 heteroatoms. The summed E-state index contributed by atoms with van der Waals surface area (Å²) in [5.41, 5.74) is -0.998. The zero-order valence-electron chi connectivity index (χ0n) is 9.56. The molecule has 3 atom stereocenters. The first-order chi connectivity index (χ1) is 7.29. The highest BCUT2D eigenvalue weighted by atomic mass is 19.4. The summed E-state index contributed by atoms with van der Waals surface area (Å²) in [5.74, 6) is 0.452. The first-order valence-electron chi connectivity index (χ1n) is 5.52. The first kappa shape index (κ1) is 13.3. The molecule has 1 saturated carbocycles. The molecule has 0 spiro atoms. The fourth-order valence-corrected chi connectivity index (χ4v) is 2.37. The lowest BCUT2D eigenvalue weighted by molar-refractivity contribution is -0.129. The molecule has 0 bridgehead atoms. The fraction of sp³-hybridized carbons (Fsp3) is 0.909. The summed E-state index contributed by atoms with van der Waals surface area (Å²) in [5, 5.41) is 11.5. The van der Waals surface area contributed by atoms with Crippen LogP contribution in [0.5, 0.6) is 0 Å².